The lowest BCUT2D eigenvalue weighted by atomic mass is 9.52. The number of carbonyl (C=O) groups is 1. The van der Waals surface area contributed by atoms with Crippen LogP contribution in [-0.4, -0.2) is 40.6 Å². The molecule has 3 aliphatic rings. The Kier molecular flexibility index (Phi) is 10.3. The molecule has 0 amide bonds. The fourth-order valence-electron chi connectivity index (χ4n) is 7.02. The zero-order chi connectivity index (χ0) is 27.4. The summed E-state index contributed by atoms with van der Waals surface area (Å²) in [6.07, 6.45) is 7.25. The van der Waals surface area contributed by atoms with Gasteiger partial charge in [0.2, 0.25) is 0 Å². The van der Waals surface area contributed by atoms with Crippen molar-refractivity contribution in [1.82, 2.24) is 0 Å². The Hall–Kier alpha value is -1.44. The Morgan fingerprint density at radius 1 is 1.19 bits per heavy atom. The fraction of sp³-hybridized carbons (Fsp3) is 0.750. The number of hydrogen-bond donors (Lipinski definition) is 3. The highest BCUT2D eigenvalue weighted by Gasteiger charge is 2.56. The minimum atomic E-state index is -4.26. The number of fused-ring (bicyclic) bond motifs is 5. The summed E-state index contributed by atoms with van der Waals surface area (Å²) in [5, 5.41) is 17.7. The predicted octanol–water partition coefficient (Wildman–Crippen LogP) is 6.15. The highest BCUT2D eigenvalue weighted by Crippen LogP contribution is 2.63. The molecule has 2 saturated carbocycles. The highest BCUT2D eigenvalue weighted by molar-refractivity contribution is 7.47. The van der Waals surface area contributed by atoms with Crippen LogP contribution in [0.3, 0.4) is 0 Å². The number of hydrogen-bond acceptors (Lipinski definition) is 6. The Balaban J connectivity index is 0.00000121. The lowest BCUT2D eigenvalue weighted by Crippen LogP contribution is -2.47. The summed E-state index contributed by atoms with van der Waals surface area (Å²) in [4.78, 5) is 18.5. The molecule has 37 heavy (non-hydrogen) atoms. The molecule has 3 N–H and O–H groups in total. The van der Waals surface area contributed by atoms with Crippen LogP contribution < -0.4 is 4.52 Å². The summed E-state index contributed by atoms with van der Waals surface area (Å²) in [6.45, 7) is 10.0. The number of rotatable bonds is 9. The van der Waals surface area contributed by atoms with Crippen molar-refractivity contribution in [3.8, 4) is 5.75 Å². The van der Waals surface area contributed by atoms with Crippen molar-refractivity contribution >= 4 is 14.3 Å². The SMILES string of the molecule is CC(C)CC[C@@H]1Cc2cc(OP(=O)(O)OCOC(C)C)ccc2C2CCC3(C)C(O)CCC3C21.O=CO. The van der Waals surface area contributed by atoms with Crippen LogP contribution in [-0.2, 0) is 25.0 Å². The first-order valence-corrected chi connectivity index (χ1v) is 15.1. The molecule has 7 atom stereocenters. The van der Waals surface area contributed by atoms with Gasteiger partial charge < -0.3 is 19.5 Å². The molecule has 210 valence electrons. The van der Waals surface area contributed by atoms with Crippen molar-refractivity contribution in [3.63, 3.8) is 0 Å². The van der Waals surface area contributed by atoms with E-state index < -0.39 is 7.82 Å². The normalized spacial score (nSPS) is 32.0. The second-order valence-electron chi connectivity index (χ2n) is 11.9. The molecule has 0 aromatic heterocycles. The average molecular weight is 541 g/mol. The number of aliphatic hydroxyl groups excluding tert-OH is 1. The highest BCUT2D eigenvalue weighted by atomic mass is 31.2. The quantitative estimate of drug-likeness (QED) is 0.194. The van der Waals surface area contributed by atoms with Crippen LogP contribution in [0.5, 0.6) is 5.75 Å². The van der Waals surface area contributed by atoms with Gasteiger partial charge in [-0.15, -0.1) is 0 Å². The number of ether oxygens (including phenoxy) is 1. The number of aliphatic hydroxyl groups is 1. The van der Waals surface area contributed by atoms with Crippen molar-refractivity contribution in [2.75, 3.05) is 6.79 Å². The topological polar surface area (TPSA) is 123 Å². The Bertz CT molecular complexity index is 950. The van der Waals surface area contributed by atoms with Crippen LogP contribution in [0.4, 0.5) is 0 Å². The van der Waals surface area contributed by atoms with E-state index in [2.05, 4.69) is 26.8 Å². The third-order valence-corrected chi connectivity index (χ3v) is 9.65. The zero-order valence-electron chi connectivity index (χ0n) is 22.8. The third-order valence-electron chi connectivity index (χ3n) is 8.78. The van der Waals surface area contributed by atoms with Crippen LogP contribution in [0.2, 0.25) is 0 Å². The second kappa shape index (κ2) is 12.6. The molecule has 0 saturated heterocycles. The molecule has 0 heterocycles. The first-order valence-electron chi connectivity index (χ1n) is 13.6. The number of carboxylic acid groups (broad SMARTS) is 1. The number of phosphoric acid groups is 1. The molecule has 1 aromatic rings. The van der Waals surface area contributed by atoms with E-state index in [0.717, 1.165) is 32.1 Å². The lowest BCUT2D eigenvalue weighted by Gasteiger charge is -2.53. The zero-order valence-corrected chi connectivity index (χ0v) is 23.7. The van der Waals surface area contributed by atoms with Gasteiger partial charge in [0.05, 0.1) is 12.2 Å². The molecule has 1 aromatic carbocycles. The molecule has 2 fully saturated rings. The number of benzene rings is 1. The van der Waals surface area contributed by atoms with Crippen LogP contribution in [0.1, 0.15) is 90.2 Å². The molecule has 6 unspecified atom stereocenters. The Morgan fingerprint density at radius 2 is 1.89 bits per heavy atom. The van der Waals surface area contributed by atoms with E-state index in [1.807, 2.05) is 19.9 Å². The molecule has 0 spiro atoms. The van der Waals surface area contributed by atoms with Gasteiger partial charge in [-0.3, -0.25) is 9.69 Å². The molecule has 9 heteroatoms. The van der Waals surface area contributed by atoms with E-state index in [9.17, 15) is 14.6 Å². The minimum Gasteiger partial charge on any atom is -0.483 e. The summed E-state index contributed by atoms with van der Waals surface area (Å²) < 4.78 is 28.0. The first kappa shape index (κ1) is 30.1. The van der Waals surface area contributed by atoms with Crippen molar-refractivity contribution in [3.05, 3.63) is 29.3 Å². The number of phosphoric ester groups is 1. The molecule has 8 nitrogen and oxygen atoms in total. The second-order valence-corrected chi connectivity index (χ2v) is 13.2. The molecular weight excluding hydrogens is 495 g/mol. The molecule has 0 radical (unpaired) electrons. The fourth-order valence-corrected chi connectivity index (χ4v) is 7.64. The molecule has 0 aliphatic heterocycles. The maximum Gasteiger partial charge on any atom is 0.529 e. The summed E-state index contributed by atoms with van der Waals surface area (Å²) in [5.41, 5.74) is 2.63. The molecule has 3 aliphatic carbocycles. The first-order chi connectivity index (χ1) is 17.4. The van der Waals surface area contributed by atoms with Crippen LogP contribution in [0.15, 0.2) is 18.2 Å². The van der Waals surface area contributed by atoms with Gasteiger partial charge in [-0.05, 0) is 111 Å². The predicted molar refractivity (Wildman–Crippen MR) is 141 cm³/mol. The summed E-state index contributed by atoms with van der Waals surface area (Å²) in [5.74, 6) is 3.22. The molecule has 4 rings (SSSR count). The average Bonchev–Trinajstić information content (AvgIpc) is 3.11. The van der Waals surface area contributed by atoms with E-state index in [-0.39, 0.29) is 30.9 Å². The van der Waals surface area contributed by atoms with Gasteiger partial charge in [0.15, 0.2) is 6.79 Å². The van der Waals surface area contributed by atoms with Gasteiger partial charge in [0, 0.05) is 0 Å². The van der Waals surface area contributed by atoms with E-state index in [1.54, 1.807) is 6.07 Å². The summed E-state index contributed by atoms with van der Waals surface area (Å²) in [7, 11) is -4.26. The van der Waals surface area contributed by atoms with E-state index in [0.29, 0.717) is 35.3 Å². The lowest BCUT2D eigenvalue weighted by molar-refractivity contribution is -0.122. The van der Waals surface area contributed by atoms with Gasteiger partial charge in [0.25, 0.3) is 6.47 Å². The van der Waals surface area contributed by atoms with Gasteiger partial charge >= 0.3 is 7.82 Å². The van der Waals surface area contributed by atoms with Crippen molar-refractivity contribution in [2.45, 2.75) is 97.7 Å². The van der Waals surface area contributed by atoms with E-state index in [4.69, 9.17) is 23.7 Å². The van der Waals surface area contributed by atoms with Gasteiger partial charge in [-0.1, -0.05) is 33.3 Å². The Labute approximate surface area is 221 Å². The van der Waals surface area contributed by atoms with Crippen LogP contribution >= 0.6 is 7.82 Å². The van der Waals surface area contributed by atoms with Crippen molar-refractivity contribution < 1.29 is 38.3 Å². The smallest absolute Gasteiger partial charge is 0.483 e. The van der Waals surface area contributed by atoms with Crippen LogP contribution in [0.25, 0.3) is 0 Å². The summed E-state index contributed by atoms with van der Waals surface area (Å²) >= 11 is 0. The maximum absolute atomic E-state index is 12.4. The monoisotopic (exact) mass is 540 g/mol. The standard InChI is InChI=1S/C27H43O6P.CH2O2/c1-17(2)6-7-19-14-20-15-21(33-34(29,30)32-16-31-18(3)4)8-9-22(20)23-12-13-27(5)24(26(19)23)10-11-25(27)28;2-1-3/h8-9,15,17-19,23-26,28H,6-7,10-14,16H2,1-5H3,(H,29,30);1H,(H,2,3)/t19-,23?,24?,25?,26?,27?;/m1./s1. The Morgan fingerprint density at radius 3 is 2.54 bits per heavy atom. The van der Waals surface area contributed by atoms with E-state index in [1.165, 1.54) is 24.0 Å². The maximum atomic E-state index is 12.4. The van der Waals surface area contributed by atoms with Crippen molar-refractivity contribution in [1.29, 1.82) is 0 Å². The van der Waals surface area contributed by atoms with Gasteiger partial charge in [0.1, 0.15) is 5.75 Å². The molecular formula is C28H45O8P. The summed E-state index contributed by atoms with van der Waals surface area (Å²) in [6, 6.07) is 5.84. The third kappa shape index (κ3) is 7.15. The van der Waals surface area contributed by atoms with Gasteiger partial charge in [-0.2, -0.15) is 0 Å². The molecule has 0 bridgehead atoms. The van der Waals surface area contributed by atoms with Gasteiger partial charge in [-0.25, -0.2) is 9.09 Å². The van der Waals surface area contributed by atoms with Crippen molar-refractivity contribution in [2.24, 2.45) is 29.1 Å². The largest absolute Gasteiger partial charge is 0.529 e. The van der Waals surface area contributed by atoms with E-state index >= 15 is 0 Å². The minimum absolute atomic E-state index is 0.0384. The van der Waals surface area contributed by atoms with Crippen LogP contribution in [0, 0.1) is 29.1 Å².